The molecule has 3 nitrogen and oxygen atoms in total. The van der Waals surface area contributed by atoms with Crippen LogP contribution in [0.4, 0.5) is 4.39 Å². The molecule has 0 radical (unpaired) electrons. The second-order valence-electron chi connectivity index (χ2n) is 3.42. The fourth-order valence-electron chi connectivity index (χ4n) is 1.41. The fraction of sp³-hybridized carbons (Fsp3) is 0.0833. The van der Waals surface area contributed by atoms with Crippen molar-refractivity contribution in [1.82, 2.24) is 0 Å². The SMILES string of the molecule is O=C(O)c1sccc1COc1c(F)cccc1Cl. The lowest BCUT2D eigenvalue weighted by Gasteiger charge is -2.08. The Labute approximate surface area is 111 Å². The average Bonchev–Trinajstić information content (AvgIpc) is 2.76. The van der Waals surface area contributed by atoms with Crippen molar-refractivity contribution in [3.63, 3.8) is 0 Å². The highest BCUT2D eigenvalue weighted by Crippen LogP contribution is 2.28. The van der Waals surface area contributed by atoms with Gasteiger partial charge in [-0.25, -0.2) is 9.18 Å². The second kappa shape index (κ2) is 5.37. The van der Waals surface area contributed by atoms with Crippen LogP contribution in [0.2, 0.25) is 5.02 Å². The zero-order chi connectivity index (χ0) is 13.1. The van der Waals surface area contributed by atoms with Crippen molar-refractivity contribution in [3.8, 4) is 5.75 Å². The van der Waals surface area contributed by atoms with Gasteiger partial charge in [-0.2, -0.15) is 0 Å². The Morgan fingerprint density at radius 2 is 2.22 bits per heavy atom. The van der Waals surface area contributed by atoms with Crippen LogP contribution in [0.25, 0.3) is 0 Å². The van der Waals surface area contributed by atoms with Gasteiger partial charge in [0.1, 0.15) is 11.5 Å². The standard InChI is InChI=1S/C12H8ClFO3S/c13-8-2-1-3-9(14)10(8)17-6-7-4-5-18-11(7)12(15)16/h1-5H,6H2,(H,15,16). The van der Waals surface area contributed by atoms with Gasteiger partial charge in [0.05, 0.1) is 5.02 Å². The number of hydrogen-bond acceptors (Lipinski definition) is 3. The minimum atomic E-state index is -1.02. The lowest BCUT2D eigenvalue weighted by atomic mass is 10.2. The summed E-state index contributed by atoms with van der Waals surface area (Å²) in [5.41, 5.74) is 0.492. The van der Waals surface area contributed by atoms with E-state index in [-0.39, 0.29) is 22.3 Å². The average molecular weight is 287 g/mol. The van der Waals surface area contributed by atoms with E-state index in [2.05, 4.69) is 0 Å². The molecule has 0 aliphatic rings. The summed E-state index contributed by atoms with van der Waals surface area (Å²) in [5.74, 6) is -1.67. The van der Waals surface area contributed by atoms with Crippen molar-refractivity contribution >= 4 is 28.9 Å². The third-order valence-corrected chi connectivity index (χ3v) is 3.47. The first-order chi connectivity index (χ1) is 8.59. The Hall–Kier alpha value is -1.59. The largest absolute Gasteiger partial charge is 0.484 e. The highest BCUT2D eigenvalue weighted by molar-refractivity contribution is 7.12. The zero-order valence-electron chi connectivity index (χ0n) is 9.02. The molecule has 0 atom stereocenters. The molecule has 1 aromatic heterocycles. The summed E-state index contributed by atoms with van der Waals surface area (Å²) in [6.07, 6.45) is 0. The topological polar surface area (TPSA) is 46.5 Å². The van der Waals surface area contributed by atoms with E-state index in [1.54, 1.807) is 11.4 Å². The van der Waals surface area contributed by atoms with Gasteiger partial charge in [0.25, 0.3) is 0 Å². The Morgan fingerprint density at radius 3 is 2.89 bits per heavy atom. The van der Waals surface area contributed by atoms with Crippen molar-refractivity contribution < 1.29 is 19.0 Å². The van der Waals surface area contributed by atoms with E-state index in [0.29, 0.717) is 5.56 Å². The zero-order valence-corrected chi connectivity index (χ0v) is 10.6. The van der Waals surface area contributed by atoms with E-state index in [0.717, 1.165) is 11.3 Å². The van der Waals surface area contributed by atoms with Crippen LogP contribution < -0.4 is 4.74 Å². The summed E-state index contributed by atoms with van der Waals surface area (Å²) in [4.78, 5) is 11.1. The predicted octanol–water partition coefficient (Wildman–Crippen LogP) is 3.82. The number of carbonyl (C=O) groups is 1. The summed E-state index contributed by atoms with van der Waals surface area (Å²) < 4.78 is 18.7. The lowest BCUT2D eigenvalue weighted by molar-refractivity contribution is 0.0699. The maximum atomic E-state index is 13.4. The van der Waals surface area contributed by atoms with Crippen LogP contribution in [0.5, 0.6) is 5.75 Å². The molecule has 0 aliphatic carbocycles. The molecule has 94 valence electrons. The van der Waals surface area contributed by atoms with E-state index in [1.807, 2.05) is 0 Å². The molecule has 0 saturated heterocycles. The lowest BCUT2D eigenvalue weighted by Crippen LogP contribution is -2.02. The van der Waals surface area contributed by atoms with Gasteiger partial charge in [0.15, 0.2) is 11.6 Å². The van der Waals surface area contributed by atoms with Crippen molar-refractivity contribution in [2.45, 2.75) is 6.61 Å². The van der Waals surface area contributed by atoms with Crippen molar-refractivity contribution in [2.24, 2.45) is 0 Å². The van der Waals surface area contributed by atoms with Gasteiger partial charge in [-0.05, 0) is 23.6 Å². The Kier molecular flexibility index (Phi) is 3.84. The molecule has 0 aliphatic heterocycles. The van der Waals surface area contributed by atoms with Crippen molar-refractivity contribution in [1.29, 1.82) is 0 Å². The van der Waals surface area contributed by atoms with Gasteiger partial charge in [-0.15, -0.1) is 11.3 Å². The Balaban J connectivity index is 2.17. The summed E-state index contributed by atoms with van der Waals surface area (Å²) in [7, 11) is 0. The van der Waals surface area contributed by atoms with Crippen LogP contribution in [0.15, 0.2) is 29.6 Å². The van der Waals surface area contributed by atoms with Gasteiger partial charge in [-0.1, -0.05) is 17.7 Å². The number of para-hydroxylation sites is 1. The maximum Gasteiger partial charge on any atom is 0.346 e. The highest BCUT2D eigenvalue weighted by atomic mass is 35.5. The van der Waals surface area contributed by atoms with Crippen LogP contribution in [0, 0.1) is 5.82 Å². The van der Waals surface area contributed by atoms with Crippen molar-refractivity contribution in [2.75, 3.05) is 0 Å². The molecule has 2 rings (SSSR count). The van der Waals surface area contributed by atoms with E-state index >= 15 is 0 Å². The predicted molar refractivity (Wildman–Crippen MR) is 67.0 cm³/mol. The number of hydrogen-bond donors (Lipinski definition) is 1. The van der Waals surface area contributed by atoms with E-state index in [4.69, 9.17) is 21.4 Å². The summed E-state index contributed by atoms with van der Waals surface area (Å²) in [6.45, 7) is -0.0359. The van der Waals surface area contributed by atoms with Crippen LogP contribution in [0.3, 0.4) is 0 Å². The van der Waals surface area contributed by atoms with Gasteiger partial charge >= 0.3 is 5.97 Å². The van der Waals surface area contributed by atoms with E-state index in [9.17, 15) is 9.18 Å². The normalized spacial score (nSPS) is 10.3. The Bertz CT molecular complexity index is 562. The molecule has 0 bridgehead atoms. The first kappa shape index (κ1) is 12.9. The number of rotatable bonds is 4. The number of halogens is 2. The molecule has 2 aromatic rings. The maximum absolute atomic E-state index is 13.4. The molecule has 1 aromatic carbocycles. The summed E-state index contributed by atoms with van der Waals surface area (Å²) >= 11 is 6.89. The molecular formula is C12H8ClFO3S. The molecule has 6 heteroatoms. The quantitative estimate of drug-likeness (QED) is 0.929. The molecule has 1 heterocycles. The second-order valence-corrected chi connectivity index (χ2v) is 4.74. The molecular weight excluding hydrogens is 279 g/mol. The third kappa shape index (κ3) is 2.63. The summed E-state index contributed by atoms with van der Waals surface area (Å²) in [6, 6.07) is 5.83. The van der Waals surface area contributed by atoms with Gasteiger partial charge in [0, 0.05) is 5.56 Å². The monoisotopic (exact) mass is 286 g/mol. The number of carboxylic acid groups (broad SMARTS) is 1. The van der Waals surface area contributed by atoms with Gasteiger partial charge in [0.2, 0.25) is 0 Å². The van der Waals surface area contributed by atoms with Crippen LogP contribution in [0.1, 0.15) is 15.2 Å². The fourth-order valence-corrected chi connectivity index (χ4v) is 2.37. The molecule has 0 unspecified atom stereocenters. The van der Waals surface area contributed by atoms with Crippen LogP contribution in [-0.4, -0.2) is 11.1 Å². The van der Waals surface area contributed by atoms with Crippen LogP contribution >= 0.6 is 22.9 Å². The number of benzene rings is 1. The highest BCUT2D eigenvalue weighted by Gasteiger charge is 2.14. The van der Waals surface area contributed by atoms with Gasteiger partial charge < -0.3 is 9.84 Å². The third-order valence-electron chi connectivity index (χ3n) is 2.23. The molecule has 18 heavy (non-hydrogen) atoms. The number of aromatic carboxylic acids is 1. The minimum Gasteiger partial charge on any atom is -0.484 e. The van der Waals surface area contributed by atoms with Crippen molar-refractivity contribution in [3.05, 3.63) is 50.9 Å². The smallest absolute Gasteiger partial charge is 0.346 e. The molecule has 0 saturated carbocycles. The minimum absolute atomic E-state index is 0.0359. The molecule has 0 amide bonds. The number of ether oxygens (including phenoxy) is 1. The van der Waals surface area contributed by atoms with Gasteiger partial charge in [-0.3, -0.25) is 0 Å². The van der Waals surface area contributed by atoms with E-state index < -0.39 is 11.8 Å². The molecule has 0 fully saturated rings. The number of thiophene rings is 1. The molecule has 1 N–H and O–H groups in total. The first-order valence-corrected chi connectivity index (χ1v) is 6.22. The van der Waals surface area contributed by atoms with Crippen LogP contribution in [-0.2, 0) is 6.61 Å². The summed E-state index contributed by atoms with van der Waals surface area (Å²) in [5, 5.41) is 10.7. The number of carboxylic acids is 1. The van der Waals surface area contributed by atoms with E-state index in [1.165, 1.54) is 18.2 Å². The molecule has 0 spiro atoms. The Morgan fingerprint density at radius 1 is 1.44 bits per heavy atom. The first-order valence-electron chi connectivity index (χ1n) is 4.96.